The molecule has 5 rings (SSSR count). The first kappa shape index (κ1) is 16.8. The van der Waals surface area contributed by atoms with Crippen molar-refractivity contribution in [3.63, 3.8) is 0 Å². The van der Waals surface area contributed by atoms with Crippen LogP contribution in [-0.4, -0.2) is 37.4 Å². The fourth-order valence-electron chi connectivity index (χ4n) is 7.35. The molecule has 24 heavy (non-hydrogen) atoms. The lowest BCUT2D eigenvalue weighted by atomic mass is 9.40. The van der Waals surface area contributed by atoms with E-state index in [1.54, 1.807) is 0 Å². The fraction of sp³-hybridized carbons (Fsp3) is 0.950. The molecule has 136 valence electrons. The summed E-state index contributed by atoms with van der Waals surface area (Å²) in [6.07, 6.45) is 8.82. The summed E-state index contributed by atoms with van der Waals surface area (Å²) in [7, 11) is 0. The van der Waals surface area contributed by atoms with E-state index < -0.39 is 0 Å². The summed E-state index contributed by atoms with van der Waals surface area (Å²) in [5.74, 6) is 1.00. The Kier molecular flexibility index (Phi) is 3.82. The van der Waals surface area contributed by atoms with Crippen molar-refractivity contribution in [3.05, 3.63) is 0 Å². The summed E-state index contributed by atoms with van der Waals surface area (Å²) in [4.78, 5) is 13.3. The van der Waals surface area contributed by atoms with Crippen LogP contribution in [0.3, 0.4) is 0 Å². The summed E-state index contributed by atoms with van der Waals surface area (Å²) in [6.45, 7) is 6.95. The topological polar surface area (TPSA) is 58.6 Å². The molecule has 4 nitrogen and oxygen atoms in total. The molecule has 4 bridgehead atoms. The predicted molar refractivity (Wildman–Crippen MR) is 92.4 cm³/mol. The third-order valence-corrected chi connectivity index (χ3v) is 7.62. The van der Waals surface area contributed by atoms with E-state index in [0.29, 0.717) is 30.6 Å². The van der Waals surface area contributed by atoms with E-state index in [1.165, 1.54) is 19.3 Å². The molecule has 1 aliphatic heterocycles. The van der Waals surface area contributed by atoms with E-state index in [-0.39, 0.29) is 23.3 Å². The summed E-state index contributed by atoms with van der Waals surface area (Å²) >= 11 is 0. The molecule has 0 radical (unpaired) electrons. The Bertz CT molecular complexity index is 507. The van der Waals surface area contributed by atoms with E-state index in [1.807, 2.05) is 0 Å². The van der Waals surface area contributed by atoms with Crippen LogP contribution in [0.25, 0.3) is 0 Å². The van der Waals surface area contributed by atoms with Gasteiger partial charge in [-0.3, -0.25) is 4.79 Å². The molecule has 4 aliphatic carbocycles. The van der Waals surface area contributed by atoms with Crippen LogP contribution in [0.15, 0.2) is 0 Å². The molecule has 4 saturated carbocycles. The molecule has 1 heterocycles. The average Bonchev–Trinajstić information content (AvgIpc) is 2.50. The van der Waals surface area contributed by atoms with Gasteiger partial charge < -0.3 is 15.2 Å². The molecule has 0 spiro atoms. The maximum atomic E-state index is 13.3. The van der Waals surface area contributed by atoms with E-state index in [2.05, 4.69) is 19.2 Å². The number of amides is 1. The molecule has 0 aromatic rings. The van der Waals surface area contributed by atoms with Gasteiger partial charge in [-0.15, -0.1) is 0 Å². The summed E-state index contributed by atoms with van der Waals surface area (Å²) in [5, 5.41) is 13.1. The van der Waals surface area contributed by atoms with Gasteiger partial charge in [0, 0.05) is 25.2 Å². The Morgan fingerprint density at radius 3 is 2.25 bits per heavy atom. The smallest absolute Gasteiger partial charge is 0.226 e. The molecule has 1 amide bonds. The van der Waals surface area contributed by atoms with Gasteiger partial charge in [0.2, 0.25) is 5.91 Å². The van der Waals surface area contributed by atoms with Crippen molar-refractivity contribution in [1.82, 2.24) is 5.32 Å². The van der Waals surface area contributed by atoms with E-state index in [9.17, 15) is 9.90 Å². The lowest BCUT2D eigenvalue weighted by Gasteiger charge is -2.64. The monoisotopic (exact) mass is 335 g/mol. The second-order valence-electron chi connectivity index (χ2n) is 10.4. The van der Waals surface area contributed by atoms with Gasteiger partial charge in [0.25, 0.3) is 0 Å². The quantitative estimate of drug-likeness (QED) is 0.830. The molecule has 2 N–H and O–H groups in total. The van der Waals surface area contributed by atoms with Crippen LogP contribution in [0.2, 0.25) is 0 Å². The SMILES string of the molecule is CC12CC3CC(C)(C1)CC(C(=O)NCC1(CO)CCOCC1)(C3)C2. The number of ether oxygens (including phenoxy) is 1. The highest BCUT2D eigenvalue weighted by Gasteiger charge is 2.62. The molecule has 0 aromatic heterocycles. The van der Waals surface area contributed by atoms with Gasteiger partial charge in [-0.05, 0) is 68.1 Å². The van der Waals surface area contributed by atoms with Gasteiger partial charge in [0.15, 0.2) is 0 Å². The Balaban J connectivity index is 1.48. The molecular weight excluding hydrogens is 302 g/mol. The van der Waals surface area contributed by atoms with Gasteiger partial charge in [0.05, 0.1) is 12.0 Å². The maximum Gasteiger partial charge on any atom is 0.226 e. The minimum absolute atomic E-state index is 0.141. The number of rotatable bonds is 4. The Morgan fingerprint density at radius 2 is 1.71 bits per heavy atom. The highest BCUT2D eigenvalue weighted by atomic mass is 16.5. The summed E-state index contributed by atoms with van der Waals surface area (Å²) in [6, 6.07) is 0. The van der Waals surface area contributed by atoms with Crippen LogP contribution in [0.1, 0.15) is 65.2 Å². The first-order valence-electron chi connectivity index (χ1n) is 9.77. The standard InChI is InChI=1S/C20H33NO3/c1-17-7-15-8-18(2,10-17)12-20(9-15,11-17)16(23)21-13-19(14-22)3-5-24-6-4-19/h15,22H,3-14H2,1-2H3,(H,21,23). The van der Waals surface area contributed by atoms with Crippen molar-refractivity contribution < 1.29 is 14.6 Å². The Morgan fingerprint density at radius 1 is 1.08 bits per heavy atom. The van der Waals surface area contributed by atoms with Crippen molar-refractivity contribution >= 4 is 5.91 Å². The van der Waals surface area contributed by atoms with E-state index >= 15 is 0 Å². The van der Waals surface area contributed by atoms with Gasteiger partial charge in [0.1, 0.15) is 0 Å². The van der Waals surface area contributed by atoms with Gasteiger partial charge >= 0.3 is 0 Å². The molecule has 4 heteroatoms. The summed E-state index contributed by atoms with van der Waals surface area (Å²) < 4.78 is 5.44. The lowest BCUT2D eigenvalue weighted by molar-refractivity contribution is -0.170. The Labute approximate surface area is 145 Å². The van der Waals surface area contributed by atoms with Crippen LogP contribution < -0.4 is 5.32 Å². The van der Waals surface area contributed by atoms with Crippen molar-refractivity contribution in [2.45, 2.75) is 65.2 Å². The number of hydrogen-bond acceptors (Lipinski definition) is 3. The minimum atomic E-state index is -0.177. The van der Waals surface area contributed by atoms with Crippen LogP contribution in [-0.2, 0) is 9.53 Å². The number of nitrogens with one attached hydrogen (secondary N) is 1. The zero-order chi connectivity index (χ0) is 17.1. The zero-order valence-electron chi connectivity index (χ0n) is 15.3. The normalized spacial score (nSPS) is 46.0. The molecule has 5 aliphatic rings. The van der Waals surface area contributed by atoms with Crippen molar-refractivity contribution in [1.29, 1.82) is 0 Å². The predicted octanol–water partition coefficient (Wildman–Crippen LogP) is 2.89. The van der Waals surface area contributed by atoms with E-state index in [0.717, 1.165) is 38.0 Å². The fourth-order valence-corrected chi connectivity index (χ4v) is 7.35. The number of carbonyl (C=O) groups is 1. The molecule has 1 saturated heterocycles. The van der Waals surface area contributed by atoms with Gasteiger partial charge in [-0.25, -0.2) is 0 Å². The van der Waals surface area contributed by atoms with Crippen molar-refractivity contribution in [3.8, 4) is 0 Å². The van der Waals surface area contributed by atoms with E-state index in [4.69, 9.17) is 4.74 Å². The average molecular weight is 335 g/mol. The second-order valence-corrected chi connectivity index (χ2v) is 10.4. The minimum Gasteiger partial charge on any atom is -0.396 e. The molecule has 0 aromatic carbocycles. The third-order valence-electron chi connectivity index (χ3n) is 7.62. The van der Waals surface area contributed by atoms with Crippen LogP contribution in [0.4, 0.5) is 0 Å². The third kappa shape index (κ3) is 2.70. The van der Waals surface area contributed by atoms with Crippen LogP contribution >= 0.6 is 0 Å². The zero-order valence-corrected chi connectivity index (χ0v) is 15.3. The summed E-state index contributed by atoms with van der Waals surface area (Å²) in [5.41, 5.74) is 0.395. The van der Waals surface area contributed by atoms with Gasteiger partial charge in [-0.2, -0.15) is 0 Å². The van der Waals surface area contributed by atoms with Gasteiger partial charge in [-0.1, -0.05) is 13.8 Å². The number of carbonyl (C=O) groups excluding carboxylic acids is 1. The molecular formula is C20H33NO3. The largest absolute Gasteiger partial charge is 0.396 e. The first-order chi connectivity index (χ1) is 11.3. The second kappa shape index (κ2) is 5.44. The number of hydrogen-bond donors (Lipinski definition) is 2. The molecule has 2 atom stereocenters. The number of aliphatic hydroxyl groups excluding tert-OH is 1. The lowest BCUT2D eigenvalue weighted by Crippen LogP contribution is -2.60. The van der Waals surface area contributed by atoms with Crippen LogP contribution in [0.5, 0.6) is 0 Å². The number of aliphatic hydroxyl groups is 1. The first-order valence-corrected chi connectivity index (χ1v) is 9.77. The van der Waals surface area contributed by atoms with Crippen molar-refractivity contribution in [2.24, 2.45) is 27.6 Å². The van der Waals surface area contributed by atoms with Crippen LogP contribution in [0, 0.1) is 27.6 Å². The van der Waals surface area contributed by atoms with Crippen molar-refractivity contribution in [2.75, 3.05) is 26.4 Å². The molecule has 2 unspecified atom stereocenters. The highest BCUT2D eigenvalue weighted by molar-refractivity contribution is 5.83. The maximum absolute atomic E-state index is 13.3. The molecule has 5 fully saturated rings. The Hall–Kier alpha value is -0.610. The highest BCUT2D eigenvalue weighted by Crippen LogP contribution is 2.69.